The standard InChI is InChI=1S/C22H27N3O3/c1-14-10-15(2)12-16(11-14)22(6-4-5-7-22)13-17-23-20(27)19(26)18-21(28)24(3)8-9-25(17)18/h10-12,26H,4-9,13H2,1-3H3. The molecule has 0 unspecified atom stereocenters. The predicted molar refractivity (Wildman–Crippen MR) is 107 cm³/mol. The molecular formula is C22H27N3O3. The second-order valence-corrected chi connectivity index (χ2v) is 8.45. The number of aromatic hydroxyl groups is 1. The Morgan fingerprint density at radius 3 is 2.36 bits per heavy atom. The number of fused-ring (bicyclic) bond motifs is 1. The molecule has 6 nitrogen and oxygen atoms in total. The zero-order valence-electron chi connectivity index (χ0n) is 16.8. The summed E-state index contributed by atoms with van der Waals surface area (Å²) in [6.07, 6.45) is 4.97. The number of carbonyl (C=O) groups excluding carboxylic acids is 1. The minimum absolute atomic E-state index is 0.0809. The summed E-state index contributed by atoms with van der Waals surface area (Å²) < 4.78 is 1.77. The van der Waals surface area contributed by atoms with Gasteiger partial charge in [-0.05, 0) is 32.3 Å². The molecule has 1 aliphatic carbocycles. The lowest BCUT2D eigenvalue weighted by Crippen LogP contribution is -2.42. The topological polar surface area (TPSA) is 75.4 Å². The maximum Gasteiger partial charge on any atom is 0.315 e. The number of nitrogens with zero attached hydrogens (tertiary/aromatic N) is 3. The second-order valence-electron chi connectivity index (χ2n) is 8.45. The molecule has 0 atom stereocenters. The Kier molecular flexibility index (Phi) is 4.52. The summed E-state index contributed by atoms with van der Waals surface area (Å²) in [6.45, 7) is 5.30. The number of rotatable bonds is 3. The second kappa shape index (κ2) is 6.76. The van der Waals surface area contributed by atoms with E-state index in [9.17, 15) is 14.7 Å². The van der Waals surface area contributed by atoms with Gasteiger partial charge in [0, 0.05) is 32.0 Å². The molecule has 2 aliphatic rings. The summed E-state index contributed by atoms with van der Waals surface area (Å²) in [6, 6.07) is 6.66. The average molecular weight is 381 g/mol. The highest BCUT2D eigenvalue weighted by molar-refractivity contribution is 5.95. The predicted octanol–water partition coefficient (Wildman–Crippen LogP) is 2.71. The van der Waals surface area contributed by atoms with E-state index in [1.807, 2.05) is 0 Å². The molecule has 1 N–H and O–H groups in total. The summed E-state index contributed by atoms with van der Waals surface area (Å²) in [7, 11) is 1.68. The summed E-state index contributed by atoms with van der Waals surface area (Å²) in [5, 5.41) is 10.2. The molecule has 28 heavy (non-hydrogen) atoms. The Morgan fingerprint density at radius 2 is 1.71 bits per heavy atom. The Labute approximate surface area is 164 Å². The van der Waals surface area contributed by atoms with Crippen LogP contribution in [0.3, 0.4) is 0 Å². The maximum atomic E-state index is 12.6. The molecule has 1 fully saturated rings. The Bertz CT molecular complexity index is 983. The van der Waals surface area contributed by atoms with E-state index in [0.29, 0.717) is 25.3 Å². The van der Waals surface area contributed by atoms with Gasteiger partial charge in [-0.1, -0.05) is 42.2 Å². The van der Waals surface area contributed by atoms with Gasteiger partial charge in [0.2, 0.25) is 5.75 Å². The first-order valence-electron chi connectivity index (χ1n) is 9.98. The Hall–Kier alpha value is -2.63. The molecule has 4 rings (SSSR count). The van der Waals surface area contributed by atoms with Crippen LogP contribution in [0.15, 0.2) is 23.0 Å². The monoisotopic (exact) mass is 381 g/mol. The zero-order chi connectivity index (χ0) is 20.1. The van der Waals surface area contributed by atoms with Gasteiger partial charge in [0.05, 0.1) is 0 Å². The molecule has 0 spiro atoms. The number of aromatic nitrogens is 2. The van der Waals surface area contributed by atoms with E-state index in [-0.39, 0.29) is 17.0 Å². The van der Waals surface area contributed by atoms with Crippen LogP contribution in [0.4, 0.5) is 0 Å². The number of benzene rings is 1. The molecular weight excluding hydrogens is 354 g/mol. The van der Waals surface area contributed by atoms with Crippen LogP contribution in [0.5, 0.6) is 5.75 Å². The van der Waals surface area contributed by atoms with Gasteiger partial charge in [-0.25, -0.2) is 0 Å². The van der Waals surface area contributed by atoms with E-state index < -0.39 is 11.3 Å². The van der Waals surface area contributed by atoms with Crippen molar-refractivity contribution in [3.05, 3.63) is 56.8 Å². The Morgan fingerprint density at radius 1 is 1.07 bits per heavy atom. The van der Waals surface area contributed by atoms with E-state index in [1.54, 1.807) is 11.6 Å². The quantitative estimate of drug-likeness (QED) is 0.887. The number of likely N-dealkylation sites (N-methyl/N-ethyl adjacent to an activating group) is 1. The van der Waals surface area contributed by atoms with Crippen LogP contribution in [-0.4, -0.2) is 39.1 Å². The van der Waals surface area contributed by atoms with Crippen molar-refractivity contribution in [2.45, 2.75) is 57.9 Å². The molecule has 1 amide bonds. The van der Waals surface area contributed by atoms with E-state index in [4.69, 9.17) is 0 Å². The van der Waals surface area contributed by atoms with E-state index in [1.165, 1.54) is 21.6 Å². The molecule has 6 heteroatoms. The normalized spacial score (nSPS) is 18.4. The lowest BCUT2D eigenvalue weighted by molar-refractivity contribution is 0.0737. The van der Waals surface area contributed by atoms with Crippen molar-refractivity contribution in [3.8, 4) is 5.75 Å². The first kappa shape index (κ1) is 18.7. The summed E-state index contributed by atoms with van der Waals surface area (Å²) in [5.41, 5.74) is 3.04. The molecule has 1 aromatic heterocycles. The smallest absolute Gasteiger partial charge is 0.315 e. The van der Waals surface area contributed by atoms with Crippen LogP contribution in [-0.2, 0) is 18.4 Å². The molecule has 2 heterocycles. The van der Waals surface area contributed by atoms with Crippen LogP contribution in [0, 0.1) is 13.8 Å². The largest absolute Gasteiger partial charge is 0.501 e. The van der Waals surface area contributed by atoms with E-state index in [0.717, 1.165) is 25.7 Å². The van der Waals surface area contributed by atoms with Crippen LogP contribution >= 0.6 is 0 Å². The number of aryl methyl sites for hydroxylation is 2. The minimum atomic E-state index is -0.710. The highest BCUT2D eigenvalue weighted by Crippen LogP contribution is 2.44. The third-order valence-corrected chi connectivity index (χ3v) is 6.34. The number of hydrogen-bond donors (Lipinski definition) is 1. The van der Waals surface area contributed by atoms with Crippen molar-refractivity contribution in [1.82, 2.24) is 14.5 Å². The summed E-state index contributed by atoms with van der Waals surface area (Å²) in [5.74, 6) is -0.246. The fraction of sp³-hybridized carbons (Fsp3) is 0.500. The van der Waals surface area contributed by atoms with E-state index in [2.05, 4.69) is 37.0 Å². The Balaban J connectivity index is 1.84. The average Bonchev–Trinajstić information content (AvgIpc) is 3.11. The van der Waals surface area contributed by atoms with Gasteiger partial charge in [-0.3, -0.25) is 9.59 Å². The number of carbonyl (C=O) groups is 1. The molecule has 148 valence electrons. The van der Waals surface area contributed by atoms with Crippen molar-refractivity contribution in [2.24, 2.45) is 0 Å². The fourth-order valence-corrected chi connectivity index (χ4v) is 4.92. The minimum Gasteiger partial charge on any atom is -0.501 e. The van der Waals surface area contributed by atoms with Crippen molar-refractivity contribution in [2.75, 3.05) is 13.6 Å². The molecule has 1 saturated carbocycles. The zero-order valence-corrected chi connectivity index (χ0v) is 16.8. The van der Waals surface area contributed by atoms with Crippen LogP contribution < -0.4 is 5.56 Å². The van der Waals surface area contributed by atoms with Crippen LogP contribution in [0.1, 0.15) is 58.7 Å². The molecule has 0 bridgehead atoms. The van der Waals surface area contributed by atoms with E-state index >= 15 is 0 Å². The molecule has 1 aromatic carbocycles. The lowest BCUT2D eigenvalue weighted by atomic mass is 9.75. The van der Waals surface area contributed by atoms with Gasteiger partial charge in [-0.2, -0.15) is 4.98 Å². The van der Waals surface area contributed by atoms with Crippen LogP contribution in [0.25, 0.3) is 0 Å². The van der Waals surface area contributed by atoms with Crippen molar-refractivity contribution in [1.29, 1.82) is 0 Å². The van der Waals surface area contributed by atoms with Crippen LogP contribution in [0.2, 0.25) is 0 Å². The summed E-state index contributed by atoms with van der Waals surface area (Å²) in [4.78, 5) is 30.7. The van der Waals surface area contributed by atoms with Crippen molar-refractivity contribution >= 4 is 5.91 Å². The number of hydrogen-bond acceptors (Lipinski definition) is 4. The van der Waals surface area contributed by atoms with Gasteiger partial charge >= 0.3 is 5.56 Å². The third kappa shape index (κ3) is 3.01. The SMILES string of the molecule is Cc1cc(C)cc(C2(Cc3nc(=O)c(O)c4n3CCN(C)C4=O)CCCC2)c1. The van der Waals surface area contributed by atoms with Crippen molar-refractivity contribution < 1.29 is 9.90 Å². The molecule has 2 aromatic rings. The highest BCUT2D eigenvalue weighted by atomic mass is 16.3. The van der Waals surface area contributed by atoms with Gasteiger partial charge in [0.25, 0.3) is 5.91 Å². The first-order chi connectivity index (χ1) is 13.3. The van der Waals surface area contributed by atoms with Gasteiger partial charge in [-0.15, -0.1) is 0 Å². The third-order valence-electron chi connectivity index (χ3n) is 6.34. The maximum absolute atomic E-state index is 12.6. The van der Waals surface area contributed by atoms with Crippen molar-refractivity contribution in [3.63, 3.8) is 0 Å². The molecule has 1 aliphatic heterocycles. The summed E-state index contributed by atoms with van der Waals surface area (Å²) >= 11 is 0. The highest BCUT2D eigenvalue weighted by Gasteiger charge is 2.39. The number of amides is 1. The first-order valence-corrected chi connectivity index (χ1v) is 9.98. The van der Waals surface area contributed by atoms with Gasteiger partial charge in [0.1, 0.15) is 5.82 Å². The molecule has 0 radical (unpaired) electrons. The lowest BCUT2D eigenvalue weighted by Gasteiger charge is -2.33. The fourth-order valence-electron chi connectivity index (χ4n) is 4.92. The van der Waals surface area contributed by atoms with Gasteiger partial charge < -0.3 is 14.6 Å². The van der Waals surface area contributed by atoms with Gasteiger partial charge in [0.15, 0.2) is 5.69 Å². The molecule has 0 saturated heterocycles.